The summed E-state index contributed by atoms with van der Waals surface area (Å²) in [7, 11) is -7.41. The van der Waals surface area contributed by atoms with Crippen molar-refractivity contribution >= 4 is 46.1 Å². The summed E-state index contributed by atoms with van der Waals surface area (Å²) in [6, 6.07) is 2.71. The van der Waals surface area contributed by atoms with Gasteiger partial charge in [0.05, 0.1) is 13.2 Å². The number of nitrogens with one attached hydrogen (secondary N) is 2. The standard InChI is InChI=1S/C23H52N2O7Si4/c1-10-23(27)25-15-12-20-33(3,4)30-35(7,8)32-36(9,21-13-16-29-18-17-28-2)31-34(5,6)19-11-14-24-22-26/h10,22H,1,11-21H2,2-9H3,(H,24,26)(H,25,27). The third-order valence-electron chi connectivity index (χ3n) is 5.45. The van der Waals surface area contributed by atoms with Gasteiger partial charge in [0.25, 0.3) is 0 Å². The van der Waals surface area contributed by atoms with Gasteiger partial charge in [0, 0.05) is 26.8 Å². The zero-order valence-electron chi connectivity index (χ0n) is 24.0. The number of hydrogen-bond acceptors (Lipinski definition) is 7. The Hall–Kier alpha value is -0.652. The molecule has 1 unspecified atom stereocenters. The molecule has 2 amide bonds. The molecule has 0 aliphatic carbocycles. The molecule has 13 heteroatoms. The molecular formula is C23H52N2O7Si4. The molecule has 0 aromatic heterocycles. The Kier molecular flexibility index (Phi) is 17.5. The molecule has 0 aliphatic heterocycles. The van der Waals surface area contributed by atoms with Crippen LogP contribution in [0, 0.1) is 0 Å². The van der Waals surface area contributed by atoms with E-state index in [9.17, 15) is 9.59 Å². The molecule has 212 valence electrons. The molecule has 0 aliphatic rings. The average Bonchev–Trinajstić information content (AvgIpc) is 2.74. The van der Waals surface area contributed by atoms with Gasteiger partial charge in [-0.25, -0.2) is 0 Å². The van der Waals surface area contributed by atoms with Crippen LogP contribution >= 0.6 is 0 Å². The summed E-state index contributed by atoms with van der Waals surface area (Å²) < 4.78 is 31.3. The molecule has 0 radical (unpaired) electrons. The van der Waals surface area contributed by atoms with Crippen LogP contribution in [0.4, 0.5) is 0 Å². The third kappa shape index (κ3) is 18.6. The maximum absolute atomic E-state index is 11.4. The first-order valence-electron chi connectivity index (χ1n) is 12.9. The average molecular weight is 581 g/mol. The van der Waals surface area contributed by atoms with Gasteiger partial charge in [-0.1, -0.05) is 6.58 Å². The maximum atomic E-state index is 11.4. The van der Waals surface area contributed by atoms with Gasteiger partial charge in [-0.15, -0.1) is 0 Å². The van der Waals surface area contributed by atoms with Crippen molar-refractivity contribution in [1.82, 2.24) is 10.6 Å². The molecule has 0 aromatic carbocycles. The summed E-state index contributed by atoms with van der Waals surface area (Å²) in [5.41, 5.74) is 0. The third-order valence-corrected chi connectivity index (χ3v) is 21.6. The lowest BCUT2D eigenvalue weighted by atomic mass is 10.4. The van der Waals surface area contributed by atoms with Crippen LogP contribution in [0.25, 0.3) is 0 Å². The smallest absolute Gasteiger partial charge is 0.315 e. The maximum Gasteiger partial charge on any atom is 0.315 e. The first-order chi connectivity index (χ1) is 16.7. The largest absolute Gasteiger partial charge is 0.436 e. The molecular weight excluding hydrogens is 529 g/mol. The summed E-state index contributed by atoms with van der Waals surface area (Å²) >= 11 is 0. The lowest BCUT2D eigenvalue weighted by Crippen LogP contribution is -2.57. The van der Waals surface area contributed by atoms with E-state index in [0.29, 0.717) is 32.9 Å². The van der Waals surface area contributed by atoms with E-state index >= 15 is 0 Å². The van der Waals surface area contributed by atoms with Gasteiger partial charge in [0.2, 0.25) is 12.3 Å². The number of methoxy groups -OCH3 is 1. The molecule has 0 heterocycles. The first kappa shape index (κ1) is 35.3. The van der Waals surface area contributed by atoms with Gasteiger partial charge < -0.3 is 32.5 Å². The van der Waals surface area contributed by atoms with E-state index in [1.807, 2.05) is 0 Å². The predicted molar refractivity (Wildman–Crippen MR) is 156 cm³/mol. The Balaban J connectivity index is 5.18. The van der Waals surface area contributed by atoms with Gasteiger partial charge >= 0.3 is 17.1 Å². The lowest BCUT2D eigenvalue weighted by Gasteiger charge is -2.42. The zero-order chi connectivity index (χ0) is 27.7. The Labute approximate surface area is 223 Å². The number of amides is 2. The predicted octanol–water partition coefficient (Wildman–Crippen LogP) is 4.10. The summed E-state index contributed by atoms with van der Waals surface area (Å²) in [4.78, 5) is 22.0. The molecule has 0 saturated heterocycles. The number of carbonyl (C=O) groups excluding carboxylic acids is 2. The minimum atomic E-state index is -2.56. The molecule has 1 atom stereocenters. The van der Waals surface area contributed by atoms with Crippen LogP contribution < -0.4 is 10.6 Å². The minimum absolute atomic E-state index is 0.146. The molecule has 0 aromatic rings. The van der Waals surface area contributed by atoms with Crippen LogP contribution in [-0.4, -0.2) is 86.1 Å². The molecule has 36 heavy (non-hydrogen) atoms. The normalized spacial score (nSPS) is 14.2. The number of carbonyl (C=O) groups is 2. The fraction of sp³-hybridized carbons (Fsp3) is 0.826. The van der Waals surface area contributed by atoms with Crippen LogP contribution in [0.15, 0.2) is 12.7 Å². The highest BCUT2D eigenvalue weighted by Gasteiger charge is 2.45. The highest BCUT2D eigenvalue weighted by molar-refractivity contribution is 6.89. The van der Waals surface area contributed by atoms with Crippen LogP contribution in [0.2, 0.25) is 64.0 Å². The van der Waals surface area contributed by atoms with E-state index in [1.54, 1.807) is 7.11 Å². The Morgan fingerprint density at radius 2 is 1.42 bits per heavy atom. The molecule has 2 N–H and O–H groups in total. The van der Waals surface area contributed by atoms with Crippen molar-refractivity contribution in [2.45, 2.75) is 83.2 Å². The number of ether oxygens (including phenoxy) is 2. The fourth-order valence-corrected chi connectivity index (χ4v) is 23.9. The topological polar surface area (TPSA) is 104 Å². The van der Waals surface area contributed by atoms with Gasteiger partial charge in [-0.05, 0) is 89.3 Å². The van der Waals surface area contributed by atoms with Gasteiger partial charge in [-0.3, -0.25) is 9.59 Å². The van der Waals surface area contributed by atoms with Crippen molar-refractivity contribution in [3.05, 3.63) is 12.7 Å². The molecule has 0 saturated carbocycles. The van der Waals surface area contributed by atoms with Crippen molar-refractivity contribution in [3.8, 4) is 0 Å². The molecule has 0 fully saturated rings. The van der Waals surface area contributed by atoms with Crippen LogP contribution in [0.5, 0.6) is 0 Å². The highest BCUT2D eigenvalue weighted by atomic mass is 28.5. The number of hydrogen-bond donors (Lipinski definition) is 2. The SMILES string of the molecule is C=CC(=O)NCCC[Si](C)(C)O[Si](C)(C)O[Si](C)(CCCOCCOC)O[Si](C)(C)CCCNC=O. The lowest BCUT2D eigenvalue weighted by molar-refractivity contribution is -0.116. The van der Waals surface area contributed by atoms with Crippen molar-refractivity contribution in [2.75, 3.05) is 40.0 Å². The Morgan fingerprint density at radius 3 is 2.00 bits per heavy atom. The van der Waals surface area contributed by atoms with E-state index in [4.69, 9.17) is 21.8 Å². The molecule has 0 rings (SSSR count). The van der Waals surface area contributed by atoms with Crippen LogP contribution in [-0.2, 0) is 31.4 Å². The highest BCUT2D eigenvalue weighted by Crippen LogP contribution is 2.30. The second-order valence-electron chi connectivity index (χ2n) is 10.8. The van der Waals surface area contributed by atoms with Gasteiger partial charge in [0.1, 0.15) is 0 Å². The van der Waals surface area contributed by atoms with Crippen LogP contribution in [0.1, 0.15) is 19.3 Å². The quantitative estimate of drug-likeness (QED) is 0.0811. The second kappa shape index (κ2) is 17.8. The Bertz CT molecular complexity index is 654. The zero-order valence-corrected chi connectivity index (χ0v) is 28.0. The van der Waals surface area contributed by atoms with Crippen molar-refractivity contribution < 1.29 is 31.4 Å². The van der Waals surface area contributed by atoms with E-state index in [0.717, 1.165) is 43.8 Å². The molecule has 0 bridgehead atoms. The van der Waals surface area contributed by atoms with Crippen molar-refractivity contribution in [1.29, 1.82) is 0 Å². The molecule has 0 spiro atoms. The van der Waals surface area contributed by atoms with E-state index in [-0.39, 0.29) is 5.91 Å². The van der Waals surface area contributed by atoms with E-state index in [1.165, 1.54) is 6.08 Å². The van der Waals surface area contributed by atoms with E-state index < -0.39 is 33.8 Å². The Morgan fingerprint density at radius 1 is 0.806 bits per heavy atom. The fourth-order valence-electron chi connectivity index (χ4n) is 4.23. The van der Waals surface area contributed by atoms with Gasteiger partial charge in [-0.2, -0.15) is 0 Å². The first-order valence-corrected chi connectivity index (χ1v) is 24.5. The van der Waals surface area contributed by atoms with Crippen molar-refractivity contribution in [3.63, 3.8) is 0 Å². The summed E-state index contributed by atoms with van der Waals surface area (Å²) in [5.74, 6) is -0.146. The van der Waals surface area contributed by atoms with Crippen LogP contribution in [0.3, 0.4) is 0 Å². The van der Waals surface area contributed by atoms with Crippen molar-refractivity contribution in [2.24, 2.45) is 0 Å². The number of rotatable bonds is 23. The van der Waals surface area contributed by atoms with E-state index in [2.05, 4.69) is 63.0 Å². The second-order valence-corrected chi connectivity index (χ2v) is 26.9. The summed E-state index contributed by atoms with van der Waals surface area (Å²) in [6.07, 6.45) is 4.65. The monoisotopic (exact) mass is 580 g/mol. The minimum Gasteiger partial charge on any atom is -0.436 e. The molecule has 9 nitrogen and oxygen atoms in total. The summed E-state index contributed by atoms with van der Waals surface area (Å²) in [5, 5.41) is 5.58. The van der Waals surface area contributed by atoms with Gasteiger partial charge in [0.15, 0.2) is 16.6 Å². The summed E-state index contributed by atoms with van der Waals surface area (Å²) in [6.45, 7) is 21.8.